The van der Waals surface area contributed by atoms with Crippen LogP contribution in [0.25, 0.3) is 0 Å². The molecule has 1 heterocycles. The molecule has 76 valence electrons. The summed E-state index contributed by atoms with van der Waals surface area (Å²) in [7, 11) is 0. The molecular weight excluding hydrogens is 208 g/mol. The van der Waals surface area contributed by atoms with E-state index in [9.17, 15) is 0 Å². The highest BCUT2D eigenvalue weighted by Gasteiger charge is 1.99. The molecule has 0 bridgehead atoms. The molecule has 0 amide bonds. The SMILES string of the molecule is S=C(OCc1ccccc1)n1ccnc1. The van der Waals surface area contributed by atoms with Gasteiger partial charge in [-0.15, -0.1) is 0 Å². The van der Waals surface area contributed by atoms with Crippen molar-refractivity contribution in [3.63, 3.8) is 0 Å². The summed E-state index contributed by atoms with van der Waals surface area (Å²) in [5.74, 6) is 0. The number of nitrogens with zero attached hydrogens (tertiary/aromatic N) is 2. The molecule has 0 aliphatic rings. The maximum absolute atomic E-state index is 5.43. The molecule has 0 saturated carbocycles. The first kappa shape index (κ1) is 9.86. The van der Waals surface area contributed by atoms with E-state index in [1.54, 1.807) is 23.3 Å². The van der Waals surface area contributed by atoms with Crippen LogP contribution in [0.5, 0.6) is 0 Å². The van der Waals surface area contributed by atoms with E-state index in [1.165, 1.54) is 0 Å². The number of hydrogen-bond donors (Lipinski definition) is 0. The number of ether oxygens (including phenoxy) is 1. The van der Waals surface area contributed by atoms with E-state index < -0.39 is 0 Å². The summed E-state index contributed by atoms with van der Waals surface area (Å²) >= 11 is 5.07. The van der Waals surface area contributed by atoms with Crippen LogP contribution in [0.1, 0.15) is 5.56 Å². The van der Waals surface area contributed by atoms with Crippen molar-refractivity contribution in [1.82, 2.24) is 9.55 Å². The predicted octanol–water partition coefficient (Wildman–Crippen LogP) is 2.23. The first-order valence-electron chi connectivity index (χ1n) is 4.55. The Morgan fingerprint density at radius 3 is 2.80 bits per heavy atom. The van der Waals surface area contributed by atoms with Gasteiger partial charge in [0.05, 0.1) is 0 Å². The van der Waals surface area contributed by atoms with Crippen molar-refractivity contribution < 1.29 is 4.74 Å². The van der Waals surface area contributed by atoms with Crippen LogP contribution >= 0.6 is 12.2 Å². The molecule has 2 aromatic rings. The van der Waals surface area contributed by atoms with Crippen molar-refractivity contribution >= 4 is 17.4 Å². The molecule has 0 unspecified atom stereocenters. The molecule has 2 rings (SSSR count). The van der Waals surface area contributed by atoms with Gasteiger partial charge in [0.2, 0.25) is 0 Å². The van der Waals surface area contributed by atoms with Crippen molar-refractivity contribution in [1.29, 1.82) is 0 Å². The van der Waals surface area contributed by atoms with Crippen molar-refractivity contribution in [2.75, 3.05) is 0 Å². The maximum Gasteiger partial charge on any atom is 0.269 e. The molecule has 0 radical (unpaired) electrons. The van der Waals surface area contributed by atoms with Gasteiger partial charge in [-0.1, -0.05) is 30.3 Å². The van der Waals surface area contributed by atoms with Gasteiger partial charge in [0.15, 0.2) is 0 Å². The summed E-state index contributed by atoms with van der Waals surface area (Å²) in [6.45, 7) is 0.484. The largest absolute Gasteiger partial charge is 0.466 e. The van der Waals surface area contributed by atoms with Crippen LogP contribution in [-0.4, -0.2) is 14.7 Å². The van der Waals surface area contributed by atoms with Crippen LogP contribution < -0.4 is 0 Å². The fourth-order valence-corrected chi connectivity index (χ4v) is 1.33. The van der Waals surface area contributed by atoms with Crippen molar-refractivity contribution in [2.24, 2.45) is 0 Å². The molecule has 1 aromatic carbocycles. The Morgan fingerprint density at radius 2 is 2.13 bits per heavy atom. The minimum absolute atomic E-state index is 0.413. The van der Waals surface area contributed by atoms with E-state index in [4.69, 9.17) is 17.0 Å². The van der Waals surface area contributed by atoms with Crippen LogP contribution in [0.3, 0.4) is 0 Å². The van der Waals surface area contributed by atoms with E-state index in [0.717, 1.165) is 5.56 Å². The van der Waals surface area contributed by atoms with E-state index >= 15 is 0 Å². The lowest BCUT2D eigenvalue weighted by Crippen LogP contribution is -2.10. The van der Waals surface area contributed by atoms with Gasteiger partial charge < -0.3 is 4.74 Å². The smallest absolute Gasteiger partial charge is 0.269 e. The Labute approximate surface area is 93.3 Å². The minimum atomic E-state index is 0.413. The lowest BCUT2D eigenvalue weighted by atomic mass is 10.2. The highest BCUT2D eigenvalue weighted by atomic mass is 32.1. The second-order valence-corrected chi connectivity index (χ2v) is 3.36. The van der Waals surface area contributed by atoms with Gasteiger partial charge in [-0.3, -0.25) is 4.57 Å². The third kappa shape index (κ3) is 2.63. The number of benzene rings is 1. The highest BCUT2D eigenvalue weighted by molar-refractivity contribution is 7.80. The number of imidazole rings is 1. The number of thiocarbonyl (C=S) groups is 1. The summed E-state index contributed by atoms with van der Waals surface area (Å²) in [4.78, 5) is 3.89. The van der Waals surface area contributed by atoms with Crippen molar-refractivity contribution in [3.05, 3.63) is 54.6 Å². The average Bonchev–Trinajstić information content (AvgIpc) is 2.81. The van der Waals surface area contributed by atoms with Crippen LogP contribution in [0.15, 0.2) is 49.1 Å². The molecule has 0 aliphatic carbocycles. The Hall–Kier alpha value is -1.68. The molecule has 0 fully saturated rings. The normalized spacial score (nSPS) is 9.87. The highest BCUT2D eigenvalue weighted by Crippen LogP contribution is 2.02. The topological polar surface area (TPSA) is 27.1 Å². The monoisotopic (exact) mass is 218 g/mol. The zero-order valence-corrected chi connectivity index (χ0v) is 8.85. The van der Waals surface area contributed by atoms with E-state index in [1.807, 2.05) is 30.3 Å². The molecule has 0 aliphatic heterocycles. The third-order valence-corrected chi connectivity index (χ3v) is 2.25. The molecule has 0 atom stereocenters. The second kappa shape index (κ2) is 4.70. The molecule has 15 heavy (non-hydrogen) atoms. The third-order valence-electron chi connectivity index (χ3n) is 1.92. The zero-order valence-electron chi connectivity index (χ0n) is 8.04. The molecule has 0 N–H and O–H groups in total. The molecule has 1 aromatic heterocycles. The van der Waals surface area contributed by atoms with Gasteiger partial charge in [-0.25, -0.2) is 4.98 Å². The number of aromatic nitrogens is 2. The van der Waals surface area contributed by atoms with Gasteiger partial charge in [-0.2, -0.15) is 0 Å². The molecular formula is C11H10N2OS. The van der Waals surface area contributed by atoms with E-state index in [0.29, 0.717) is 11.8 Å². The van der Waals surface area contributed by atoms with Gasteiger partial charge in [0.25, 0.3) is 5.17 Å². The van der Waals surface area contributed by atoms with Gasteiger partial charge in [-0.05, 0) is 17.8 Å². The van der Waals surface area contributed by atoms with Crippen LogP contribution in [-0.2, 0) is 11.3 Å². The predicted molar refractivity (Wildman–Crippen MR) is 61.5 cm³/mol. The maximum atomic E-state index is 5.43. The van der Waals surface area contributed by atoms with Crippen LogP contribution in [0, 0.1) is 0 Å². The Balaban J connectivity index is 1.92. The summed E-state index contributed by atoms with van der Waals surface area (Å²) in [6.07, 6.45) is 5.04. The lowest BCUT2D eigenvalue weighted by molar-refractivity contribution is 0.288. The molecule has 0 spiro atoms. The van der Waals surface area contributed by atoms with Gasteiger partial charge >= 0.3 is 0 Å². The van der Waals surface area contributed by atoms with Crippen molar-refractivity contribution in [3.8, 4) is 0 Å². The minimum Gasteiger partial charge on any atom is -0.466 e. The van der Waals surface area contributed by atoms with E-state index in [-0.39, 0.29) is 0 Å². The molecule has 4 heteroatoms. The average molecular weight is 218 g/mol. The second-order valence-electron chi connectivity index (χ2n) is 3.01. The Bertz CT molecular complexity index is 425. The van der Waals surface area contributed by atoms with Crippen LogP contribution in [0.4, 0.5) is 0 Å². The van der Waals surface area contributed by atoms with Crippen LogP contribution in [0.2, 0.25) is 0 Å². The molecule has 0 saturated heterocycles. The first-order valence-corrected chi connectivity index (χ1v) is 4.96. The first-order chi connectivity index (χ1) is 7.36. The number of rotatable bonds is 2. The zero-order chi connectivity index (χ0) is 10.5. The van der Waals surface area contributed by atoms with Gasteiger partial charge in [0.1, 0.15) is 12.9 Å². The molecule has 3 nitrogen and oxygen atoms in total. The Morgan fingerprint density at radius 1 is 1.33 bits per heavy atom. The summed E-state index contributed by atoms with van der Waals surface area (Å²) in [6, 6.07) is 9.91. The fourth-order valence-electron chi connectivity index (χ4n) is 1.16. The summed E-state index contributed by atoms with van der Waals surface area (Å²) < 4.78 is 7.09. The summed E-state index contributed by atoms with van der Waals surface area (Å²) in [5, 5.41) is 0.413. The Kier molecular flexibility index (Phi) is 3.09. The van der Waals surface area contributed by atoms with Gasteiger partial charge in [0, 0.05) is 12.4 Å². The number of hydrogen-bond acceptors (Lipinski definition) is 3. The quantitative estimate of drug-likeness (QED) is 0.723. The fraction of sp³-hybridized carbons (Fsp3) is 0.0909. The van der Waals surface area contributed by atoms with E-state index in [2.05, 4.69) is 4.98 Å². The summed E-state index contributed by atoms with van der Waals surface area (Å²) in [5.41, 5.74) is 1.10. The van der Waals surface area contributed by atoms with Crippen molar-refractivity contribution in [2.45, 2.75) is 6.61 Å². The standard InChI is InChI=1S/C11H10N2OS/c15-11(13-7-6-12-9-13)14-8-10-4-2-1-3-5-10/h1-7,9H,8H2. The lowest BCUT2D eigenvalue weighted by Gasteiger charge is -2.07.